The monoisotopic (exact) mass is 588 g/mol. The number of nitrogens with two attached hydrogens (primary N) is 2. The van der Waals surface area contributed by atoms with Crippen LogP contribution in [0.4, 0.5) is 21.4 Å². The van der Waals surface area contributed by atoms with Crippen LogP contribution >= 0.6 is 22.9 Å². The number of urea groups is 1. The van der Waals surface area contributed by atoms with Gasteiger partial charge in [-0.1, -0.05) is 23.7 Å². The molecular weight excluding hydrogens is 562 g/mol. The van der Waals surface area contributed by atoms with Gasteiger partial charge in [0.05, 0.1) is 26.9 Å². The van der Waals surface area contributed by atoms with E-state index in [0.717, 1.165) is 21.9 Å². The average molecular weight is 589 g/mol. The maximum Gasteiger partial charge on any atom is 0.336 e. The summed E-state index contributed by atoms with van der Waals surface area (Å²) in [6.45, 7) is 3.38. The fraction of sp³-hybridized carbons (Fsp3) is 0.214. The van der Waals surface area contributed by atoms with Gasteiger partial charge in [0.2, 0.25) is 0 Å². The van der Waals surface area contributed by atoms with Crippen molar-refractivity contribution in [3.63, 3.8) is 0 Å². The number of amides is 3. The Morgan fingerprint density at radius 3 is 2.10 bits per heavy atom. The van der Waals surface area contributed by atoms with Gasteiger partial charge < -0.3 is 16.4 Å². The number of thiophene rings is 1. The van der Waals surface area contributed by atoms with Crippen molar-refractivity contribution in [1.82, 2.24) is 24.8 Å². The molecule has 6 rings (SSSR count). The number of carbonyl (C=O) groups excluding carboxylic acids is 2. The van der Waals surface area contributed by atoms with Gasteiger partial charge in [-0.15, -0.1) is 11.3 Å². The Balaban J connectivity index is 1.34. The molecule has 1 aliphatic heterocycles. The first kappa shape index (κ1) is 26.8. The van der Waals surface area contributed by atoms with Crippen molar-refractivity contribution in [3.05, 3.63) is 76.6 Å². The van der Waals surface area contributed by atoms with E-state index >= 15 is 0 Å². The highest BCUT2D eigenvalue weighted by molar-refractivity contribution is 7.20. The van der Waals surface area contributed by atoms with E-state index in [1.165, 1.54) is 24.0 Å². The van der Waals surface area contributed by atoms with Crippen LogP contribution in [0.3, 0.4) is 0 Å². The Labute approximate surface area is 244 Å². The minimum atomic E-state index is -0.670. The molecule has 0 bridgehead atoms. The third-order valence-corrected chi connectivity index (χ3v) is 8.71. The Morgan fingerprint density at radius 1 is 0.976 bits per heavy atom. The number of nitrogen functional groups attached to an aromatic ring is 2. The molecule has 1 atom stereocenters. The van der Waals surface area contributed by atoms with Crippen LogP contribution in [-0.2, 0) is 17.9 Å². The highest BCUT2D eigenvalue weighted by Crippen LogP contribution is 2.31. The number of hydrogen-bond acceptors (Lipinski definition) is 9. The van der Waals surface area contributed by atoms with Crippen LogP contribution in [0.5, 0.6) is 0 Å². The number of halogens is 1. The van der Waals surface area contributed by atoms with Crippen molar-refractivity contribution in [2.45, 2.75) is 26.1 Å². The summed E-state index contributed by atoms with van der Waals surface area (Å²) in [7, 11) is 0. The van der Waals surface area contributed by atoms with Gasteiger partial charge in [0.1, 0.15) is 50.0 Å². The highest BCUT2D eigenvalue weighted by atomic mass is 35.5. The van der Waals surface area contributed by atoms with Crippen molar-refractivity contribution in [2.75, 3.05) is 29.9 Å². The van der Waals surface area contributed by atoms with E-state index in [0.29, 0.717) is 58.2 Å². The summed E-state index contributed by atoms with van der Waals surface area (Å²) in [6.07, 6.45) is 2.86. The lowest BCUT2D eigenvalue weighted by molar-refractivity contribution is -0.885. The van der Waals surface area contributed by atoms with Crippen molar-refractivity contribution >= 4 is 73.3 Å². The number of benzene rings is 2. The van der Waals surface area contributed by atoms with Crippen molar-refractivity contribution in [2.24, 2.45) is 0 Å². The number of anilines is 3. The number of piperazine rings is 1. The zero-order valence-corrected chi connectivity index (χ0v) is 23.7. The SMILES string of the molecule is C[C@H]1C(=O)[N+](Cc2ccc3c(N)ncnc3c2)(Cc2ccc3c(N)ncnc3c2)CCN1C(=O)Nc1ccc(Cl)s1. The molecule has 0 spiro atoms. The van der Waals surface area contributed by atoms with E-state index in [-0.39, 0.29) is 16.4 Å². The second kappa shape index (κ2) is 10.5. The van der Waals surface area contributed by atoms with Crippen LogP contribution in [0.1, 0.15) is 18.1 Å². The van der Waals surface area contributed by atoms with E-state index in [4.69, 9.17) is 23.1 Å². The summed E-state index contributed by atoms with van der Waals surface area (Å²) >= 11 is 7.30. The molecule has 5 N–H and O–H groups in total. The summed E-state index contributed by atoms with van der Waals surface area (Å²) in [5.41, 5.74) is 15.3. The molecule has 4 heterocycles. The Hall–Kier alpha value is -4.39. The third kappa shape index (κ3) is 5.12. The van der Waals surface area contributed by atoms with E-state index in [1.807, 2.05) is 36.4 Å². The average Bonchev–Trinajstić information content (AvgIpc) is 3.36. The normalized spacial score (nSPS) is 16.8. The van der Waals surface area contributed by atoms with E-state index in [2.05, 4.69) is 25.3 Å². The van der Waals surface area contributed by atoms with E-state index in [1.54, 1.807) is 24.0 Å². The molecule has 3 amide bonds. The predicted octanol–water partition coefficient (Wildman–Crippen LogP) is 4.43. The lowest BCUT2D eigenvalue weighted by Crippen LogP contribution is -2.67. The van der Waals surface area contributed by atoms with Crippen LogP contribution < -0.4 is 16.8 Å². The number of nitrogens with one attached hydrogen (secondary N) is 1. The molecule has 11 nitrogen and oxygen atoms in total. The number of hydrogen-bond donors (Lipinski definition) is 3. The molecule has 5 aromatic rings. The second-order valence-electron chi connectivity index (χ2n) is 10.1. The summed E-state index contributed by atoms with van der Waals surface area (Å²) in [5, 5.41) is 5.00. The largest absolute Gasteiger partial charge is 0.383 e. The zero-order valence-electron chi connectivity index (χ0n) is 22.1. The number of fused-ring (bicyclic) bond motifs is 2. The van der Waals surface area contributed by atoms with Crippen LogP contribution in [0.15, 0.2) is 61.2 Å². The molecule has 3 aromatic heterocycles. The molecule has 41 heavy (non-hydrogen) atoms. The summed E-state index contributed by atoms with van der Waals surface area (Å²) < 4.78 is 0.678. The van der Waals surface area contributed by atoms with Gasteiger partial charge in [-0.2, -0.15) is 0 Å². The molecular formula is C28H27ClN9O2S+. The Kier molecular flexibility index (Phi) is 6.89. The maximum absolute atomic E-state index is 14.3. The molecule has 1 aliphatic rings. The number of rotatable bonds is 5. The van der Waals surface area contributed by atoms with Gasteiger partial charge >= 0.3 is 11.9 Å². The maximum atomic E-state index is 14.3. The predicted molar refractivity (Wildman–Crippen MR) is 160 cm³/mol. The van der Waals surface area contributed by atoms with Crippen LogP contribution in [0, 0.1) is 0 Å². The van der Waals surface area contributed by atoms with Crippen LogP contribution in [0.25, 0.3) is 21.8 Å². The highest BCUT2D eigenvalue weighted by Gasteiger charge is 2.48. The molecule has 208 valence electrons. The molecule has 0 saturated carbocycles. The summed E-state index contributed by atoms with van der Waals surface area (Å²) in [5.74, 6) is 0.735. The Morgan fingerprint density at radius 2 is 1.56 bits per heavy atom. The second-order valence-corrected chi connectivity index (χ2v) is 11.9. The third-order valence-electron chi connectivity index (χ3n) is 7.56. The molecule has 13 heteroatoms. The molecule has 2 aromatic carbocycles. The van der Waals surface area contributed by atoms with Gasteiger partial charge in [0, 0.05) is 21.9 Å². The minimum absolute atomic E-state index is 0.0693. The number of carbonyl (C=O) groups is 2. The molecule has 1 fully saturated rings. The first-order valence-corrected chi connectivity index (χ1v) is 14.1. The fourth-order valence-electron chi connectivity index (χ4n) is 5.48. The number of nitrogens with zero attached hydrogens (tertiary/aromatic N) is 6. The van der Waals surface area contributed by atoms with Crippen LogP contribution in [-0.4, -0.2) is 60.4 Å². The van der Waals surface area contributed by atoms with Gasteiger partial charge in [0.15, 0.2) is 0 Å². The first-order valence-electron chi connectivity index (χ1n) is 12.9. The van der Waals surface area contributed by atoms with Gasteiger partial charge in [-0.25, -0.2) is 34.0 Å². The standard InChI is InChI=1S/C28H26ClN9O2S/c1-16-27(39)38(9-8-37(16)28(40)36-24-7-6-23(29)41-24,12-17-2-4-19-21(10-17)32-14-34-25(19)30)13-18-3-5-20-22(11-18)33-15-35-26(20)31/h2-7,10-11,14-16H,8-9,12-13H2,1H3,(H4-,30,31,32,33,34,35,36,40)/p+1/t16-/m0/s1. The fourth-order valence-corrected chi connectivity index (χ4v) is 6.41. The number of aromatic nitrogens is 4. The van der Waals surface area contributed by atoms with Crippen molar-refractivity contribution in [3.8, 4) is 0 Å². The van der Waals surface area contributed by atoms with E-state index in [9.17, 15) is 9.59 Å². The first-order chi connectivity index (χ1) is 19.7. The summed E-state index contributed by atoms with van der Waals surface area (Å²) in [6, 6.07) is 14.0. The molecule has 0 radical (unpaired) electrons. The summed E-state index contributed by atoms with van der Waals surface area (Å²) in [4.78, 5) is 46.0. The molecule has 1 saturated heterocycles. The van der Waals surface area contributed by atoms with Crippen molar-refractivity contribution < 1.29 is 14.1 Å². The Bertz CT molecular complexity index is 1720. The minimum Gasteiger partial charge on any atom is -0.383 e. The van der Waals surface area contributed by atoms with Gasteiger partial charge in [0.25, 0.3) is 0 Å². The smallest absolute Gasteiger partial charge is 0.336 e. The quantitative estimate of drug-likeness (QED) is 0.255. The lowest BCUT2D eigenvalue weighted by atomic mass is 10.0. The molecule has 0 unspecified atom stereocenters. The zero-order chi connectivity index (χ0) is 28.7. The van der Waals surface area contributed by atoms with Crippen LogP contribution in [0.2, 0.25) is 4.34 Å². The van der Waals surface area contributed by atoms with Gasteiger partial charge in [-0.3, -0.25) is 5.32 Å². The number of quaternary nitrogens is 1. The van der Waals surface area contributed by atoms with E-state index < -0.39 is 6.04 Å². The molecule has 0 aliphatic carbocycles. The lowest BCUT2D eigenvalue weighted by Gasteiger charge is -2.45. The van der Waals surface area contributed by atoms with Gasteiger partial charge in [-0.05, 0) is 43.3 Å². The van der Waals surface area contributed by atoms with Crippen molar-refractivity contribution in [1.29, 1.82) is 0 Å². The topological polar surface area (TPSA) is 153 Å².